The maximum Gasteiger partial charge on any atom is 0.246 e. The Balaban J connectivity index is 1.29. The summed E-state index contributed by atoms with van der Waals surface area (Å²) in [6, 6.07) is 5.63. The molecular weight excluding hydrogens is 346 g/mol. The molecule has 0 unspecified atom stereocenters. The third-order valence-electron chi connectivity index (χ3n) is 4.51. The molecule has 0 spiro atoms. The monoisotopic (exact) mass is 367 g/mol. The number of piperidine rings is 1. The maximum absolute atomic E-state index is 12.2. The van der Waals surface area contributed by atoms with Crippen LogP contribution < -0.4 is 10.6 Å². The molecule has 140 valence electrons. The largest absolute Gasteiger partial charge is 0.345 e. The molecule has 9 nitrogen and oxygen atoms in total. The van der Waals surface area contributed by atoms with Gasteiger partial charge in [0.05, 0.1) is 12.2 Å². The molecule has 27 heavy (non-hydrogen) atoms. The SMILES string of the molecule is O=C(Cn1ccc([C@@H]2CCCNC2)n1)NCc1nc(-c2cccnc2)no1. The van der Waals surface area contributed by atoms with Crippen LogP contribution in [0.3, 0.4) is 0 Å². The van der Waals surface area contributed by atoms with Crippen molar-refractivity contribution in [2.75, 3.05) is 13.1 Å². The fraction of sp³-hybridized carbons (Fsp3) is 0.389. The molecule has 1 amide bonds. The Morgan fingerprint density at radius 3 is 3.19 bits per heavy atom. The number of carbonyl (C=O) groups excluding carboxylic acids is 1. The third-order valence-corrected chi connectivity index (χ3v) is 4.51. The minimum absolute atomic E-state index is 0.156. The predicted octanol–water partition coefficient (Wildman–Crippen LogP) is 1.11. The molecule has 1 saturated heterocycles. The first-order valence-corrected chi connectivity index (χ1v) is 9.02. The van der Waals surface area contributed by atoms with Crippen LogP contribution in [0.15, 0.2) is 41.3 Å². The van der Waals surface area contributed by atoms with Gasteiger partial charge in [-0.15, -0.1) is 0 Å². The average Bonchev–Trinajstić information content (AvgIpc) is 3.37. The smallest absolute Gasteiger partial charge is 0.246 e. The van der Waals surface area contributed by atoms with E-state index in [1.54, 1.807) is 23.1 Å². The van der Waals surface area contributed by atoms with Gasteiger partial charge in [-0.25, -0.2) is 0 Å². The highest BCUT2D eigenvalue weighted by molar-refractivity contribution is 5.75. The lowest BCUT2D eigenvalue weighted by Gasteiger charge is -2.20. The van der Waals surface area contributed by atoms with Crippen LogP contribution in [-0.2, 0) is 17.9 Å². The second kappa shape index (κ2) is 8.09. The van der Waals surface area contributed by atoms with Crippen molar-refractivity contribution < 1.29 is 9.32 Å². The van der Waals surface area contributed by atoms with Crippen LogP contribution in [0.2, 0.25) is 0 Å². The molecule has 1 aliphatic heterocycles. The summed E-state index contributed by atoms with van der Waals surface area (Å²) in [5.41, 5.74) is 1.80. The van der Waals surface area contributed by atoms with Crippen LogP contribution in [0.1, 0.15) is 30.3 Å². The summed E-state index contributed by atoms with van der Waals surface area (Å²) in [6.45, 7) is 2.34. The summed E-state index contributed by atoms with van der Waals surface area (Å²) in [7, 11) is 0. The van der Waals surface area contributed by atoms with E-state index >= 15 is 0 Å². The summed E-state index contributed by atoms with van der Waals surface area (Å²) in [5, 5.41) is 14.6. The van der Waals surface area contributed by atoms with Crippen LogP contribution in [0, 0.1) is 0 Å². The Morgan fingerprint density at radius 1 is 1.41 bits per heavy atom. The molecule has 1 aliphatic rings. The molecule has 0 saturated carbocycles. The van der Waals surface area contributed by atoms with Gasteiger partial charge >= 0.3 is 0 Å². The van der Waals surface area contributed by atoms with E-state index in [2.05, 4.69) is 30.9 Å². The molecule has 0 aromatic carbocycles. The van der Waals surface area contributed by atoms with Gasteiger partial charge in [0.1, 0.15) is 6.54 Å². The Bertz CT molecular complexity index is 884. The van der Waals surface area contributed by atoms with E-state index in [0.29, 0.717) is 17.6 Å². The van der Waals surface area contributed by atoms with Gasteiger partial charge in [0.2, 0.25) is 17.6 Å². The molecule has 4 rings (SSSR count). The van der Waals surface area contributed by atoms with E-state index in [0.717, 1.165) is 37.2 Å². The molecular formula is C18H21N7O2. The molecule has 3 aromatic rings. The number of pyridine rings is 1. The molecule has 4 heterocycles. The lowest BCUT2D eigenvalue weighted by atomic mass is 9.97. The number of hydrogen-bond acceptors (Lipinski definition) is 7. The van der Waals surface area contributed by atoms with Crippen molar-refractivity contribution in [3.8, 4) is 11.4 Å². The zero-order valence-electron chi connectivity index (χ0n) is 14.8. The van der Waals surface area contributed by atoms with Gasteiger partial charge in [-0.1, -0.05) is 5.16 Å². The zero-order valence-corrected chi connectivity index (χ0v) is 14.8. The highest BCUT2D eigenvalue weighted by Crippen LogP contribution is 2.21. The van der Waals surface area contributed by atoms with Crippen molar-refractivity contribution in [3.63, 3.8) is 0 Å². The Labute approximate surface area is 156 Å². The molecule has 0 aliphatic carbocycles. The van der Waals surface area contributed by atoms with Crippen LogP contribution in [-0.4, -0.2) is 43.9 Å². The van der Waals surface area contributed by atoms with E-state index in [1.807, 2.05) is 18.3 Å². The maximum atomic E-state index is 12.2. The summed E-state index contributed by atoms with van der Waals surface area (Å²) < 4.78 is 6.83. The third kappa shape index (κ3) is 4.37. The van der Waals surface area contributed by atoms with Gasteiger partial charge in [-0.05, 0) is 37.6 Å². The van der Waals surface area contributed by atoms with Gasteiger partial charge in [-0.2, -0.15) is 10.1 Å². The van der Waals surface area contributed by atoms with Crippen molar-refractivity contribution in [2.45, 2.75) is 31.8 Å². The molecule has 9 heteroatoms. The first kappa shape index (κ1) is 17.3. The second-order valence-electron chi connectivity index (χ2n) is 6.51. The average molecular weight is 367 g/mol. The second-order valence-corrected chi connectivity index (χ2v) is 6.51. The van der Waals surface area contributed by atoms with E-state index < -0.39 is 0 Å². The molecule has 1 atom stereocenters. The zero-order chi connectivity index (χ0) is 18.5. The summed E-state index contributed by atoms with van der Waals surface area (Å²) in [5.74, 6) is 1.06. The highest BCUT2D eigenvalue weighted by atomic mass is 16.5. The summed E-state index contributed by atoms with van der Waals surface area (Å²) in [4.78, 5) is 20.4. The van der Waals surface area contributed by atoms with Crippen molar-refractivity contribution in [2.24, 2.45) is 0 Å². The Hall–Kier alpha value is -3.07. The van der Waals surface area contributed by atoms with E-state index in [4.69, 9.17) is 4.52 Å². The van der Waals surface area contributed by atoms with E-state index in [9.17, 15) is 4.79 Å². The fourth-order valence-electron chi connectivity index (χ4n) is 3.10. The molecule has 0 radical (unpaired) electrons. The van der Waals surface area contributed by atoms with Gasteiger partial charge in [0.25, 0.3) is 0 Å². The van der Waals surface area contributed by atoms with Crippen LogP contribution in [0.5, 0.6) is 0 Å². The summed E-state index contributed by atoms with van der Waals surface area (Å²) >= 11 is 0. The number of aromatic nitrogens is 5. The van der Waals surface area contributed by atoms with E-state index in [1.165, 1.54) is 0 Å². The summed E-state index contributed by atoms with van der Waals surface area (Å²) in [6.07, 6.45) is 7.47. The van der Waals surface area contributed by atoms with Crippen molar-refractivity contribution in [3.05, 3.63) is 48.4 Å². The minimum atomic E-state index is -0.160. The number of nitrogens with one attached hydrogen (secondary N) is 2. The number of nitrogens with zero attached hydrogens (tertiary/aromatic N) is 5. The number of amides is 1. The molecule has 3 aromatic heterocycles. The standard InChI is InChI=1S/C18H21N7O2/c26-16(12-25-8-5-15(23-25)13-3-1-6-19-9-13)21-11-17-22-18(24-27-17)14-4-2-7-20-10-14/h2,4-5,7-8,10,13,19H,1,3,6,9,11-12H2,(H,21,26)/t13-/m1/s1. The number of hydrogen-bond donors (Lipinski definition) is 2. The molecule has 0 bridgehead atoms. The van der Waals surface area contributed by atoms with Crippen LogP contribution in [0.25, 0.3) is 11.4 Å². The van der Waals surface area contributed by atoms with Crippen LogP contribution in [0.4, 0.5) is 0 Å². The van der Waals surface area contributed by atoms with Crippen molar-refractivity contribution in [1.82, 2.24) is 35.5 Å². The van der Waals surface area contributed by atoms with Gasteiger partial charge in [-0.3, -0.25) is 14.5 Å². The quantitative estimate of drug-likeness (QED) is 0.671. The number of carbonyl (C=O) groups is 1. The normalized spacial score (nSPS) is 17.0. The van der Waals surface area contributed by atoms with E-state index in [-0.39, 0.29) is 19.0 Å². The molecule has 1 fully saturated rings. The topological polar surface area (TPSA) is 111 Å². The first-order valence-electron chi connectivity index (χ1n) is 9.02. The predicted molar refractivity (Wildman–Crippen MR) is 96.4 cm³/mol. The minimum Gasteiger partial charge on any atom is -0.345 e. The van der Waals surface area contributed by atoms with Gasteiger partial charge in [0.15, 0.2) is 0 Å². The Morgan fingerprint density at radius 2 is 2.37 bits per heavy atom. The molecule has 2 N–H and O–H groups in total. The lowest BCUT2D eigenvalue weighted by Crippen LogP contribution is -2.29. The fourth-order valence-corrected chi connectivity index (χ4v) is 3.10. The van der Waals surface area contributed by atoms with Crippen molar-refractivity contribution >= 4 is 5.91 Å². The van der Waals surface area contributed by atoms with Gasteiger partial charge < -0.3 is 15.2 Å². The van der Waals surface area contributed by atoms with Crippen molar-refractivity contribution in [1.29, 1.82) is 0 Å². The van der Waals surface area contributed by atoms with Gasteiger partial charge in [0, 0.05) is 36.6 Å². The first-order chi connectivity index (χ1) is 13.3. The number of rotatable bonds is 6. The highest BCUT2D eigenvalue weighted by Gasteiger charge is 2.18. The van der Waals surface area contributed by atoms with Crippen LogP contribution >= 0.6 is 0 Å². The lowest BCUT2D eigenvalue weighted by molar-refractivity contribution is -0.122. The Kier molecular flexibility index (Phi) is 5.20.